The van der Waals surface area contributed by atoms with Gasteiger partial charge in [0.25, 0.3) is 0 Å². The fourth-order valence-electron chi connectivity index (χ4n) is 2.00. The van der Waals surface area contributed by atoms with Crippen molar-refractivity contribution >= 4 is 5.97 Å². The SMILES string of the molecule is C=C(Cc1ccc(CCCCCCCC)nn1)C(=O)O. The number of nitrogens with zero attached hydrogens (tertiary/aromatic N) is 2. The van der Waals surface area contributed by atoms with Gasteiger partial charge in [-0.15, -0.1) is 0 Å². The molecule has 0 spiro atoms. The van der Waals surface area contributed by atoms with Crippen LogP contribution in [0.15, 0.2) is 24.3 Å². The van der Waals surface area contributed by atoms with Gasteiger partial charge in [-0.05, 0) is 25.0 Å². The van der Waals surface area contributed by atoms with Gasteiger partial charge in [-0.1, -0.05) is 45.6 Å². The summed E-state index contributed by atoms with van der Waals surface area (Å²) in [5, 5.41) is 17.0. The van der Waals surface area contributed by atoms with E-state index in [0.717, 1.165) is 18.5 Å². The Balaban J connectivity index is 2.28. The van der Waals surface area contributed by atoms with Gasteiger partial charge in [0, 0.05) is 12.0 Å². The summed E-state index contributed by atoms with van der Waals surface area (Å²) < 4.78 is 0. The van der Waals surface area contributed by atoms with Crippen LogP contribution < -0.4 is 0 Å². The van der Waals surface area contributed by atoms with E-state index in [-0.39, 0.29) is 12.0 Å². The number of hydrogen-bond donors (Lipinski definition) is 1. The molecule has 0 aliphatic rings. The third-order valence-corrected chi connectivity index (χ3v) is 3.26. The first-order valence-corrected chi connectivity index (χ1v) is 7.36. The van der Waals surface area contributed by atoms with Crippen LogP contribution in [-0.4, -0.2) is 21.3 Å². The molecule has 20 heavy (non-hydrogen) atoms. The summed E-state index contributed by atoms with van der Waals surface area (Å²) in [7, 11) is 0. The molecule has 0 atom stereocenters. The molecule has 0 unspecified atom stereocenters. The minimum Gasteiger partial charge on any atom is -0.478 e. The molecule has 1 aromatic rings. The van der Waals surface area contributed by atoms with Gasteiger partial charge < -0.3 is 5.11 Å². The lowest BCUT2D eigenvalue weighted by molar-refractivity contribution is -0.132. The van der Waals surface area contributed by atoms with Crippen LogP contribution in [0.4, 0.5) is 0 Å². The lowest BCUT2D eigenvalue weighted by atomic mass is 10.1. The van der Waals surface area contributed by atoms with E-state index in [4.69, 9.17) is 5.11 Å². The summed E-state index contributed by atoms with van der Waals surface area (Å²) in [6.45, 7) is 5.71. The van der Waals surface area contributed by atoms with Gasteiger partial charge in [0.1, 0.15) is 0 Å². The molecule has 0 saturated carbocycles. The lowest BCUT2D eigenvalue weighted by Gasteiger charge is -2.03. The Labute approximate surface area is 120 Å². The molecule has 0 amide bonds. The van der Waals surface area contributed by atoms with E-state index in [1.54, 1.807) is 0 Å². The van der Waals surface area contributed by atoms with Gasteiger partial charge in [0.05, 0.1) is 11.4 Å². The van der Waals surface area contributed by atoms with Crippen LogP contribution >= 0.6 is 0 Å². The Hall–Kier alpha value is -1.71. The van der Waals surface area contributed by atoms with Gasteiger partial charge >= 0.3 is 5.97 Å². The quantitative estimate of drug-likeness (QED) is 0.524. The van der Waals surface area contributed by atoms with Crippen LogP contribution in [0.25, 0.3) is 0 Å². The molecular formula is C16H24N2O2. The number of aryl methyl sites for hydroxylation is 1. The van der Waals surface area contributed by atoms with E-state index in [1.165, 1.54) is 32.1 Å². The normalized spacial score (nSPS) is 10.4. The molecule has 0 bridgehead atoms. The maximum absolute atomic E-state index is 10.7. The Morgan fingerprint density at radius 2 is 1.70 bits per heavy atom. The predicted molar refractivity (Wildman–Crippen MR) is 79.6 cm³/mol. The van der Waals surface area contributed by atoms with E-state index in [2.05, 4.69) is 23.7 Å². The first-order chi connectivity index (χ1) is 9.63. The van der Waals surface area contributed by atoms with Gasteiger partial charge in [-0.3, -0.25) is 0 Å². The molecule has 1 aromatic heterocycles. The lowest BCUT2D eigenvalue weighted by Crippen LogP contribution is -2.05. The number of rotatable bonds is 10. The number of carboxylic acids is 1. The highest BCUT2D eigenvalue weighted by Crippen LogP contribution is 2.09. The monoisotopic (exact) mass is 276 g/mol. The molecule has 110 valence electrons. The summed E-state index contributed by atoms with van der Waals surface area (Å²) in [5.74, 6) is -0.983. The molecule has 1 N–H and O–H groups in total. The summed E-state index contributed by atoms with van der Waals surface area (Å²) in [5.41, 5.74) is 1.78. The first kappa shape index (κ1) is 16.3. The minimum atomic E-state index is -0.983. The van der Waals surface area contributed by atoms with Crippen molar-refractivity contribution in [2.45, 2.75) is 58.3 Å². The third kappa shape index (κ3) is 6.45. The number of aromatic nitrogens is 2. The van der Waals surface area contributed by atoms with E-state index >= 15 is 0 Å². The van der Waals surface area contributed by atoms with Gasteiger partial charge in [0.15, 0.2) is 0 Å². The minimum absolute atomic E-state index is 0.142. The summed E-state index contributed by atoms with van der Waals surface area (Å²) >= 11 is 0. The van der Waals surface area contributed by atoms with Crippen LogP contribution in [0.3, 0.4) is 0 Å². The summed E-state index contributed by atoms with van der Waals surface area (Å²) in [4.78, 5) is 10.7. The van der Waals surface area contributed by atoms with Crippen LogP contribution in [0.5, 0.6) is 0 Å². The van der Waals surface area contributed by atoms with Crippen molar-refractivity contribution < 1.29 is 9.90 Å². The number of hydrogen-bond acceptors (Lipinski definition) is 3. The van der Waals surface area contributed by atoms with Crippen LogP contribution in [0.2, 0.25) is 0 Å². The van der Waals surface area contributed by atoms with Crippen molar-refractivity contribution in [3.8, 4) is 0 Å². The molecule has 1 rings (SSSR count). The van der Waals surface area contributed by atoms with Crippen LogP contribution in [0.1, 0.15) is 56.8 Å². The second kappa shape index (κ2) is 9.23. The van der Waals surface area contributed by atoms with Crippen molar-refractivity contribution in [2.75, 3.05) is 0 Å². The topological polar surface area (TPSA) is 63.1 Å². The van der Waals surface area contributed by atoms with Gasteiger partial charge in [0.2, 0.25) is 0 Å². The maximum Gasteiger partial charge on any atom is 0.331 e. The molecule has 4 nitrogen and oxygen atoms in total. The zero-order chi connectivity index (χ0) is 14.8. The van der Waals surface area contributed by atoms with E-state index < -0.39 is 5.97 Å². The smallest absolute Gasteiger partial charge is 0.331 e. The Morgan fingerprint density at radius 1 is 1.10 bits per heavy atom. The number of aliphatic carboxylic acids is 1. The highest BCUT2D eigenvalue weighted by molar-refractivity contribution is 5.86. The third-order valence-electron chi connectivity index (χ3n) is 3.26. The summed E-state index contributed by atoms with van der Waals surface area (Å²) in [6, 6.07) is 3.77. The second-order valence-electron chi connectivity index (χ2n) is 5.12. The van der Waals surface area contributed by atoms with E-state index in [1.807, 2.05) is 12.1 Å². The molecule has 0 aliphatic carbocycles. The average molecular weight is 276 g/mol. The molecule has 0 aliphatic heterocycles. The second-order valence-corrected chi connectivity index (χ2v) is 5.12. The molecule has 0 aromatic carbocycles. The maximum atomic E-state index is 10.7. The number of unbranched alkanes of at least 4 members (excludes halogenated alkanes) is 5. The Kier molecular flexibility index (Phi) is 7.55. The predicted octanol–water partition coefficient (Wildman–Crippen LogP) is 3.56. The van der Waals surface area contributed by atoms with Crippen molar-refractivity contribution in [2.24, 2.45) is 0 Å². The molecular weight excluding hydrogens is 252 g/mol. The Morgan fingerprint density at radius 3 is 2.30 bits per heavy atom. The van der Waals surface area contributed by atoms with Crippen molar-refractivity contribution in [1.82, 2.24) is 10.2 Å². The largest absolute Gasteiger partial charge is 0.478 e. The fourth-order valence-corrected chi connectivity index (χ4v) is 2.00. The van der Waals surface area contributed by atoms with Crippen LogP contribution in [0, 0.1) is 0 Å². The van der Waals surface area contributed by atoms with Crippen LogP contribution in [-0.2, 0) is 17.6 Å². The molecule has 4 heteroatoms. The first-order valence-electron chi connectivity index (χ1n) is 7.36. The van der Waals surface area contributed by atoms with Gasteiger partial charge in [-0.2, -0.15) is 10.2 Å². The van der Waals surface area contributed by atoms with Crippen molar-refractivity contribution in [3.63, 3.8) is 0 Å². The van der Waals surface area contributed by atoms with E-state index in [0.29, 0.717) is 5.69 Å². The highest BCUT2D eigenvalue weighted by Gasteiger charge is 2.06. The average Bonchev–Trinajstić information content (AvgIpc) is 2.44. The zero-order valence-electron chi connectivity index (χ0n) is 12.3. The zero-order valence-corrected chi connectivity index (χ0v) is 12.3. The fraction of sp³-hybridized carbons (Fsp3) is 0.562. The number of carbonyl (C=O) groups is 1. The Bertz CT molecular complexity index is 427. The van der Waals surface area contributed by atoms with E-state index in [9.17, 15) is 4.79 Å². The standard InChI is InChI=1S/C16H24N2O2/c1-3-4-5-6-7-8-9-14-10-11-15(18-17-14)12-13(2)16(19)20/h10-11H,2-9,12H2,1H3,(H,19,20). The van der Waals surface area contributed by atoms with Crippen molar-refractivity contribution in [1.29, 1.82) is 0 Å². The highest BCUT2D eigenvalue weighted by atomic mass is 16.4. The molecule has 1 heterocycles. The van der Waals surface area contributed by atoms with Gasteiger partial charge in [-0.25, -0.2) is 4.79 Å². The molecule has 0 fully saturated rings. The molecule has 0 radical (unpaired) electrons. The summed E-state index contributed by atoms with van der Waals surface area (Å²) in [6.07, 6.45) is 8.77. The molecule has 0 saturated heterocycles. The van der Waals surface area contributed by atoms with Crippen molar-refractivity contribution in [3.05, 3.63) is 35.7 Å². The number of carboxylic acid groups (broad SMARTS) is 1.